The number of hydrogen-bond donors (Lipinski definition) is 1. The molecule has 0 bridgehead atoms. The molecule has 6 nitrogen and oxygen atoms in total. The van der Waals surface area contributed by atoms with E-state index in [1.807, 2.05) is 20.8 Å². The Kier molecular flexibility index (Phi) is 5.97. The molecule has 20 heavy (non-hydrogen) atoms. The van der Waals surface area contributed by atoms with Gasteiger partial charge in [-0.1, -0.05) is 20.8 Å². The van der Waals surface area contributed by atoms with Gasteiger partial charge in [-0.2, -0.15) is 4.31 Å². The Morgan fingerprint density at radius 2 is 1.80 bits per heavy atom. The lowest BCUT2D eigenvalue weighted by Crippen LogP contribution is -2.50. The molecule has 0 aromatic carbocycles. The van der Waals surface area contributed by atoms with Gasteiger partial charge in [-0.25, -0.2) is 8.42 Å². The highest BCUT2D eigenvalue weighted by Gasteiger charge is 2.25. The van der Waals surface area contributed by atoms with E-state index in [1.165, 1.54) is 11.4 Å². The predicted octanol–water partition coefficient (Wildman–Crippen LogP) is 0.116. The summed E-state index contributed by atoms with van der Waals surface area (Å²) in [6.07, 6.45) is 0.585. The van der Waals surface area contributed by atoms with Crippen molar-refractivity contribution in [2.45, 2.75) is 27.2 Å². The van der Waals surface area contributed by atoms with Crippen LogP contribution in [0.3, 0.4) is 0 Å². The van der Waals surface area contributed by atoms with Crippen LogP contribution in [0.5, 0.6) is 0 Å². The van der Waals surface area contributed by atoms with Crippen LogP contribution in [0.15, 0.2) is 0 Å². The second-order valence-electron chi connectivity index (χ2n) is 6.51. The third-order valence-corrected chi connectivity index (χ3v) is 5.21. The van der Waals surface area contributed by atoms with Crippen LogP contribution in [0.4, 0.5) is 0 Å². The molecule has 7 heteroatoms. The largest absolute Gasteiger partial charge is 0.339 e. The van der Waals surface area contributed by atoms with Gasteiger partial charge in [-0.3, -0.25) is 4.79 Å². The van der Waals surface area contributed by atoms with Gasteiger partial charge in [0.05, 0.1) is 12.3 Å². The average molecular weight is 305 g/mol. The van der Waals surface area contributed by atoms with E-state index in [0.717, 1.165) is 13.1 Å². The van der Waals surface area contributed by atoms with Crippen LogP contribution >= 0.6 is 0 Å². The van der Waals surface area contributed by atoms with E-state index >= 15 is 0 Å². The zero-order chi connectivity index (χ0) is 15.4. The highest BCUT2D eigenvalue weighted by molar-refractivity contribution is 7.89. The monoisotopic (exact) mass is 305 g/mol. The molecule has 118 valence electrons. The van der Waals surface area contributed by atoms with Crippen LogP contribution in [-0.4, -0.2) is 69.1 Å². The minimum Gasteiger partial charge on any atom is -0.339 e. The SMILES string of the molecule is CN(CC(=O)N1CCNCC1)S(=O)(=O)CCC(C)(C)C. The summed E-state index contributed by atoms with van der Waals surface area (Å²) in [6, 6.07) is 0. The van der Waals surface area contributed by atoms with E-state index in [4.69, 9.17) is 0 Å². The van der Waals surface area contributed by atoms with Gasteiger partial charge in [0.1, 0.15) is 0 Å². The molecule has 1 amide bonds. The van der Waals surface area contributed by atoms with E-state index in [1.54, 1.807) is 4.90 Å². The number of carbonyl (C=O) groups excluding carboxylic acids is 1. The van der Waals surface area contributed by atoms with Gasteiger partial charge in [-0.05, 0) is 11.8 Å². The number of hydrogen-bond acceptors (Lipinski definition) is 4. The van der Waals surface area contributed by atoms with Gasteiger partial charge in [-0.15, -0.1) is 0 Å². The molecular formula is C13H27N3O3S. The van der Waals surface area contributed by atoms with Crippen molar-refractivity contribution in [1.29, 1.82) is 0 Å². The zero-order valence-corrected chi connectivity index (χ0v) is 13.8. The molecule has 1 aliphatic rings. The molecular weight excluding hydrogens is 278 g/mol. The molecule has 1 saturated heterocycles. The van der Waals surface area contributed by atoms with Gasteiger partial charge in [0, 0.05) is 33.2 Å². The van der Waals surface area contributed by atoms with Crippen LogP contribution in [0.25, 0.3) is 0 Å². The molecule has 0 aromatic heterocycles. The maximum atomic E-state index is 12.1. The number of piperazine rings is 1. The number of sulfonamides is 1. The van der Waals surface area contributed by atoms with Crippen LogP contribution in [0.1, 0.15) is 27.2 Å². The number of rotatable bonds is 5. The first-order valence-electron chi connectivity index (χ1n) is 7.04. The molecule has 1 N–H and O–H groups in total. The van der Waals surface area contributed by atoms with Gasteiger partial charge in [0.15, 0.2) is 0 Å². The number of nitrogens with zero attached hydrogens (tertiary/aromatic N) is 2. The number of likely N-dealkylation sites (N-methyl/N-ethyl adjacent to an activating group) is 1. The van der Waals surface area contributed by atoms with Crippen LogP contribution in [0.2, 0.25) is 0 Å². The minimum atomic E-state index is -3.36. The Morgan fingerprint density at radius 3 is 2.30 bits per heavy atom. The molecule has 1 fully saturated rings. The fourth-order valence-corrected chi connectivity index (χ4v) is 3.38. The predicted molar refractivity (Wildman–Crippen MR) is 79.9 cm³/mol. The Labute approximate surface area is 122 Å². The summed E-state index contributed by atoms with van der Waals surface area (Å²) in [5.74, 6) is -0.0321. The highest BCUT2D eigenvalue weighted by Crippen LogP contribution is 2.20. The zero-order valence-electron chi connectivity index (χ0n) is 13.0. The van der Waals surface area contributed by atoms with Gasteiger partial charge >= 0.3 is 0 Å². The quantitative estimate of drug-likeness (QED) is 0.783. The van der Waals surface area contributed by atoms with E-state index in [-0.39, 0.29) is 23.6 Å². The summed E-state index contributed by atoms with van der Waals surface area (Å²) < 4.78 is 25.5. The Balaban J connectivity index is 2.51. The lowest BCUT2D eigenvalue weighted by atomic mass is 9.94. The van der Waals surface area contributed by atoms with E-state index in [2.05, 4.69) is 5.32 Å². The second kappa shape index (κ2) is 6.87. The maximum absolute atomic E-state index is 12.1. The summed E-state index contributed by atoms with van der Waals surface area (Å²) in [6.45, 7) is 8.80. The molecule has 0 unspecified atom stereocenters. The molecule has 1 aliphatic heterocycles. The van der Waals surface area contributed by atoms with Crippen LogP contribution in [-0.2, 0) is 14.8 Å². The topological polar surface area (TPSA) is 69.7 Å². The summed E-state index contributed by atoms with van der Waals surface area (Å²) in [4.78, 5) is 13.8. The average Bonchev–Trinajstić information content (AvgIpc) is 2.36. The normalized spacial score (nSPS) is 17.6. The molecule has 0 saturated carbocycles. The first-order chi connectivity index (χ1) is 9.12. The standard InChI is InChI=1S/C13H27N3O3S/c1-13(2,3)5-10-20(18,19)15(4)11-12(17)16-8-6-14-7-9-16/h14H,5-11H2,1-4H3. The summed E-state index contributed by atoms with van der Waals surface area (Å²) >= 11 is 0. The number of carbonyl (C=O) groups is 1. The summed E-state index contributed by atoms with van der Waals surface area (Å²) in [7, 11) is -1.87. The van der Waals surface area contributed by atoms with Crippen LogP contribution in [0, 0.1) is 5.41 Å². The van der Waals surface area contributed by atoms with Crippen molar-refractivity contribution >= 4 is 15.9 Å². The first kappa shape index (κ1) is 17.4. The second-order valence-corrected chi connectivity index (χ2v) is 8.71. The third kappa shape index (κ3) is 5.76. The Bertz CT molecular complexity index is 423. The van der Waals surface area contributed by atoms with Crippen molar-refractivity contribution in [1.82, 2.24) is 14.5 Å². The summed E-state index contributed by atoms with van der Waals surface area (Å²) in [5.41, 5.74) is -0.0313. The van der Waals surface area contributed by atoms with Crippen molar-refractivity contribution < 1.29 is 13.2 Å². The van der Waals surface area contributed by atoms with Crippen molar-refractivity contribution in [2.75, 3.05) is 45.5 Å². The summed E-state index contributed by atoms with van der Waals surface area (Å²) in [5, 5.41) is 3.16. The van der Waals surface area contributed by atoms with E-state index < -0.39 is 10.0 Å². The van der Waals surface area contributed by atoms with E-state index in [0.29, 0.717) is 19.5 Å². The van der Waals surface area contributed by atoms with Gasteiger partial charge < -0.3 is 10.2 Å². The number of amides is 1. The van der Waals surface area contributed by atoms with Crippen molar-refractivity contribution in [2.24, 2.45) is 5.41 Å². The van der Waals surface area contributed by atoms with Crippen molar-refractivity contribution in [3.05, 3.63) is 0 Å². The minimum absolute atomic E-state index is 0.0313. The maximum Gasteiger partial charge on any atom is 0.237 e. The van der Waals surface area contributed by atoms with Gasteiger partial charge in [0.2, 0.25) is 15.9 Å². The van der Waals surface area contributed by atoms with E-state index in [9.17, 15) is 13.2 Å². The number of nitrogens with one attached hydrogen (secondary N) is 1. The molecule has 0 spiro atoms. The molecule has 1 rings (SSSR count). The van der Waals surface area contributed by atoms with Crippen molar-refractivity contribution in [3.8, 4) is 0 Å². The smallest absolute Gasteiger partial charge is 0.237 e. The van der Waals surface area contributed by atoms with Crippen LogP contribution < -0.4 is 5.32 Å². The Morgan fingerprint density at radius 1 is 1.25 bits per heavy atom. The molecule has 0 atom stereocenters. The fourth-order valence-electron chi connectivity index (χ4n) is 1.89. The van der Waals surface area contributed by atoms with Crippen molar-refractivity contribution in [3.63, 3.8) is 0 Å². The third-order valence-electron chi connectivity index (χ3n) is 3.41. The highest BCUT2D eigenvalue weighted by atomic mass is 32.2. The molecule has 0 radical (unpaired) electrons. The van der Waals surface area contributed by atoms with Gasteiger partial charge in [0.25, 0.3) is 0 Å². The molecule has 0 aliphatic carbocycles. The fraction of sp³-hybridized carbons (Fsp3) is 0.923. The lowest BCUT2D eigenvalue weighted by molar-refractivity contribution is -0.131. The molecule has 1 heterocycles. The lowest BCUT2D eigenvalue weighted by Gasteiger charge is -2.29. The Hall–Kier alpha value is -0.660. The first-order valence-corrected chi connectivity index (χ1v) is 8.65. The molecule has 0 aromatic rings.